The number of thioether (sulfide) groups is 1. The van der Waals surface area contributed by atoms with E-state index < -0.39 is 0 Å². The second-order valence-corrected chi connectivity index (χ2v) is 7.53. The SMILES string of the molecule is COc1ccccc1NC(=O)CSc1nnc(-c2ccc(C)cc2)n1-n1cccc1. The van der Waals surface area contributed by atoms with Crippen molar-refractivity contribution in [2.24, 2.45) is 0 Å². The van der Waals surface area contributed by atoms with Gasteiger partial charge < -0.3 is 10.1 Å². The van der Waals surface area contributed by atoms with Crippen molar-refractivity contribution < 1.29 is 9.53 Å². The normalized spacial score (nSPS) is 10.7. The van der Waals surface area contributed by atoms with E-state index >= 15 is 0 Å². The highest BCUT2D eigenvalue weighted by Gasteiger charge is 2.17. The lowest BCUT2D eigenvalue weighted by atomic mass is 10.1. The summed E-state index contributed by atoms with van der Waals surface area (Å²) in [6.07, 6.45) is 3.83. The van der Waals surface area contributed by atoms with E-state index in [0.29, 0.717) is 22.4 Å². The second-order valence-electron chi connectivity index (χ2n) is 6.58. The van der Waals surface area contributed by atoms with Crippen molar-refractivity contribution in [3.63, 3.8) is 0 Å². The molecule has 0 aliphatic rings. The van der Waals surface area contributed by atoms with Gasteiger partial charge in [0.15, 0.2) is 5.82 Å². The van der Waals surface area contributed by atoms with Crippen LogP contribution in [0.1, 0.15) is 5.56 Å². The Labute approximate surface area is 178 Å². The molecule has 4 rings (SSSR count). The molecule has 8 heteroatoms. The van der Waals surface area contributed by atoms with E-state index in [9.17, 15) is 4.79 Å². The third-order valence-corrected chi connectivity index (χ3v) is 5.37. The topological polar surface area (TPSA) is 74.0 Å². The number of rotatable bonds is 7. The number of nitrogens with one attached hydrogen (secondary N) is 1. The van der Waals surface area contributed by atoms with Crippen LogP contribution in [0.5, 0.6) is 5.75 Å². The second kappa shape index (κ2) is 8.87. The molecule has 0 aliphatic carbocycles. The molecular weight excluding hydrogens is 398 g/mol. The quantitative estimate of drug-likeness (QED) is 0.457. The molecule has 0 bridgehead atoms. The molecule has 0 radical (unpaired) electrons. The summed E-state index contributed by atoms with van der Waals surface area (Å²) < 4.78 is 9.08. The van der Waals surface area contributed by atoms with Crippen molar-refractivity contribution in [2.75, 3.05) is 18.2 Å². The number of hydrogen-bond acceptors (Lipinski definition) is 5. The van der Waals surface area contributed by atoms with Crippen LogP contribution in [-0.4, -0.2) is 38.3 Å². The average Bonchev–Trinajstić information content (AvgIpc) is 3.43. The van der Waals surface area contributed by atoms with Gasteiger partial charge in [0.2, 0.25) is 11.1 Å². The van der Waals surface area contributed by atoms with E-state index in [4.69, 9.17) is 4.74 Å². The maximum absolute atomic E-state index is 12.5. The number of hydrogen-bond donors (Lipinski definition) is 1. The Hall–Kier alpha value is -3.52. The standard InChI is InChI=1S/C22H21N5O2S/c1-16-9-11-17(12-10-16)21-24-25-22(27(21)26-13-5-6-14-26)30-15-20(28)23-18-7-3-4-8-19(18)29-2/h3-14H,15H2,1-2H3,(H,23,28). The van der Waals surface area contributed by atoms with Gasteiger partial charge >= 0.3 is 0 Å². The molecule has 7 nitrogen and oxygen atoms in total. The predicted molar refractivity (Wildman–Crippen MR) is 118 cm³/mol. The van der Waals surface area contributed by atoms with Gasteiger partial charge in [0.1, 0.15) is 5.75 Å². The number of carbonyl (C=O) groups excluding carboxylic acids is 1. The lowest BCUT2D eigenvalue weighted by Crippen LogP contribution is -2.16. The van der Waals surface area contributed by atoms with Gasteiger partial charge in [-0.3, -0.25) is 9.47 Å². The Kier molecular flexibility index (Phi) is 5.85. The highest BCUT2D eigenvalue weighted by molar-refractivity contribution is 7.99. The first-order valence-corrected chi connectivity index (χ1v) is 10.4. The third kappa shape index (κ3) is 4.23. The third-order valence-electron chi connectivity index (χ3n) is 4.45. The van der Waals surface area contributed by atoms with Crippen LogP contribution in [0, 0.1) is 6.92 Å². The fraction of sp³-hybridized carbons (Fsp3) is 0.136. The van der Waals surface area contributed by atoms with E-state index in [1.165, 1.54) is 17.3 Å². The van der Waals surface area contributed by atoms with Crippen LogP contribution >= 0.6 is 11.8 Å². The zero-order valence-electron chi connectivity index (χ0n) is 16.6. The largest absolute Gasteiger partial charge is 0.495 e. The molecule has 2 aromatic carbocycles. The minimum absolute atomic E-state index is 0.150. The first kappa shape index (κ1) is 19.8. The molecule has 0 aliphatic heterocycles. The van der Waals surface area contributed by atoms with Crippen LogP contribution in [0.3, 0.4) is 0 Å². The molecule has 152 valence electrons. The van der Waals surface area contributed by atoms with Crippen LogP contribution in [-0.2, 0) is 4.79 Å². The van der Waals surface area contributed by atoms with Crippen molar-refractivity contribution in [1.29, 1.82) is 0 Å². The van der Waals surface area contributed by atoms with Crippen LogP contribution < -0.4 is 10.1 Å². The Morgan fingerprint density at radius 1 is 1.03 bits per heavy atom. The average molecular weight is 420 g/mol. The summed E-state index contributed by atoms with van der Waals surface area (Å²) in [6, 6.07) is 19.3. The Bertz CT molecular complexity index is 1140. The number of carbonyl (C=O) groups is 1. The lowest BCUT2D eigenvalue weighted by molar-refractivity contribution is -0.113. The maximum atomic E-state index is 12.5. The molecule has 1 amide bonds. The molecule has 1 N–H and O–H groups in total. The predicted octanol–water partition coefficient (Wildman–Crippen LogP) is 4.11. The molecule has 0 saturated carbocycles. The molecule has 0 spiro atoms. The van der Waals surface area contributed by atoms with Gasteiger partial charge in [0, 0.05) is 18.0 Å². The molecule has 0 unspecified atom stereocenters. The first-order chi connectivity index (χ1) is 14.7. The summed E-state index contributed by atoms with van der Waals surface area (Å²) in [7, 11) is 1.58. The number of benzene rings is 2. The molecule has 0 fully saturated rings. The first-order valence-electron chi connectivity index (χ1n) is 9.37. The van der Waals surface area contributed by atoms with E-state index in [2.05, 4.69) is 15.5 Å². The number of aryl methyl sites for hydroxylation is 1. The highest BCUT2D eigenvalue weighted by atomic mass is 32.2. The van der Waals surface area contributed by atoms with Gasteiger partial charge in [0.25, 0.3) is 0 Å². The van der Waals surface area contributed by atoms with Crippen molar-refractivity contribution in [3.8, 4) is 17.1 Å². The summed E-state index contributed by atoms with van der Waals surface area (Å²) in [4.78, 5) is 12.5. The smallest absolute Gasteiger partial charge is 0.234 e. The summed E-state index contributed by atoms with van der Waals surface area (Å²) in [5.41, 5.74) is 2.76. The van der Waals surface area contributed by atoms with Crippen molar-refractivity contribution in [2.45, 2.75) is 12.1 Å². The van der Waals surface area contributed by atoms with Crippen molar-refractivity contribution >= 4 is 23.4 Å². The van der Waals surface area contributed by atoms with Gasteiger partial charge in [-0.25, -0.2) is 4.68 Å². The summed E-state index contributed by atoms with van der Waals surface area (Å²) in [5.74, 6) is 1.36. The van der Waals surface area contributed by atoms with Crippen LogP contribution in [0.4, 0.5) is 5.69 Å². The molecule has 0 atom stereocenters. The number of anilines is 1. The number of ether oxygens (including phenoxy) is 1. The van der Waals surface area contributed by atoms with Crippen molar-refractivity contribution in [3.05, 3.63) is 78.6 Å². The van der Waals surface area contributed by atoms with E-state index in [1.54, 1.807) is 19.2 Å². The van der Waals surface area contributed by atoms with Gasteiger partial charge in [-0.1, -0.05) is 53.7 Å². The zero-order valence-corrected chi connectivity index (χ0v) is 17.5. The Morgan fingerprint density at radius 2 is 1.77 bits per heavy atom. The number of amides is 1. The molecule has 4 aromatic rings. The molecule has 2 heterocycles. The van der Waals surface area contributed by atoms with E-state index in [1.807, 2.05) is 77.2 Å². The number of methoxy groups -OCH3 is 1. The fourth-order valence-electron chi connectivity index (χ4n) is 2.97. The van der Waals surface area contributed by atoms with Gasteiger partial charge in [0.05, 0.1) is 18.6 Å². The van der Waals surface area contributed by atoms with E-state index in [0.717, 1.165) is 5.56 Å². The summed E-state index contributed by atoms with van der Waals surface area (Å²) >= 11 is 1.32. The van der Waals surface area contributed by atoms with Crippen molar-refractivity contribution in [1.82, 2.24) is 19.5 Å². The Morgan fingerprint density at radius 3 is 2.50 bits per heavy atom. The highest BCUT2D eigenvalue weighted by Crippen LogP contribution is 2.26. The van der Waals surface area contributed by atoms with Crippen LogP contribution in [0.25, 0.3) is 11.4 Å². The summed E-state index contributed by atoms with van der Waals surface area (Å²) in [5, 5.41) is 12.2. The summed E-state index contributed by atoms with van der Waals surface area (Å²) in [6.45, 7) is 2.04. The van der Waals surface area contributed by atoms with Crippen LogP contribution in [0.2, 0.25) is 0 Å². The minimum Gasteiger partial charge on any atom is -0.495 e. The molecule has 0 saturated heterocycles. The fourth-order valence-corrected chi connectivity index (χ4v) is 3.70. The van der Waals surface area contributed by atoms with Gasteiger partial charge in [-0.05, 0) is 31.2 Å². The minimum atomic E-state index is -0.150. The molecule has 30 heavy (non-hydrogen) atoms. The lowest BCUT2D eigenvalue weighted by Gasteiger charge is -2.12. The maximum Gasteiger partial charge on any atom is 0.234 e. The Balaban J connectivity index is 1.56. The van der Waals surface area contributed by atoms with Gasteiger partial charge in [-0.2, -0.15) is 0 Å². The molecular formula is C22H21N5O2S. The number of para-hydroxylation sites is 2. The number of nitrogens with zero attached hydrogens (tertiary/aromatic N) is 4. The van der Waals surface area contributed by atoms with E-state index in [-0.39, 0.29) is 11.7 Å². The van der Waals surface area contributed by atoms with Crippen LogP contribution in [0.15, 0.2) is 78.2 Å². The zero-order chi connectivity index (χ0) is 20.9. The number of aromatic nitrogens is 4. The monoisotopic (exact) mass is 419 g/mol. The molecule has 2 aromatic heterocycles. The van der Waals surface area contributed by atoms with Gasteiger partial charge in [-0.15, -0.1) is 10.2 Å².